The molecule has 2 unspecified atom stereocenters. The molecule has 8 heteroatoms. The van der Waals surface area contributed by atoms with E-state index in [1.54, 1.807) is 19.2 Å². The molecule has 144 valence electrons. The van der Waals surface area contributed by atoms with Gasteiger partial charge in [0.15, 0.2) is 0 Å². The number of likely N-dealkylation sites (tertiary alicyclic amines) is 1. The van der Waals surface area contributed by atoms with Crippen molar-refractivity contribution in [3.05, 3.63) is 30.2 Å². The molecular formula is C19H23N3O5. The molecule has 0 bridgehead atoms. The van der Waals surface area contributed by atoms with Crippen molar-refractivity contribution in [1.29, 1.82) is 0 Å². The van der Waals surface area contributed by atoms with Crippen molar-refractivity contribution < 1.29 is 24.0 Å². The van der Waals surface area contributed by atoms with Gasteiger partial charge in [-0.3, -0.25) is 4.79 Å². The Labute approximate surface area is 157 Å². The first kappa shape index (κ1) is 18.9. The van der Waals surface area contributed by atoms with Gasteiger partial charge in [0.2, 0.25) is 17.6 Å². The number of nitrogens with zero attached hydrogens (tertiary/aromatic N) is 3. The fraction of sp³-hybridized carbons (Fsp3) is 0.474. The summed E-state index contributed by atoms with van der Waals surface area (Å²) in [5.74, 6) is 0.685. The lowest BCUT2D eigenvalue weighted by Gasteiger charge is -2.36. The van der Waals surface area contributed by atoms with Crippen LogP contribution < -0.4 is 4.74 Å². The van der Waals surface area contributed by atoms with Crippen LogP contribution in [0, 0.1) is 5.92 Å². The molecule has 1 N–H and O–H groups in total. The third-order valence-electron chi connectivity index (χ3n) is 4.84. The van der Waals surface area contributed by atoms with E-state index in [0.29, 0.717) is 30.6 Å². The SMILES string of the molecule is COc1ccc(-c2noc(CCC(=O)N3CCC(C)CC3C(=O)O)n2)cc1. The standard InChI is InChI=1S/C19H23N3O5/c1-12-9-10-22(15(11-12)19(24)25)17(23)8-7-16-20-18(21-27-16)13-3-5-14(26-2)6-4-13/h3-6,12,15H,7-11H2,1-2H3,(H,24,25). The highest BCUT2D eigenvalue weighted by Crippen LogP contribution is 2.24. The van der Waals surface area contributed by atoms with Crippen LogP contribution in [0.25, 0.3) is 11.4 Å². The number of aromatic nitrogens is 2. The van der Waals surface area contributed by atoms with E-state index >= 15 is 0 Å². The number of rotatable bonds is 6. The summed E-state index contributed by atoms with van der Waals surface area (Å²) in [7, 11) is 1.59. The van der Waals surface area contributed by atoms with Gasteiger partial charge in [-0.25, -0.2) is 4.79 Å². The summed E-state index contributed by atoms with van der Waals surface area (Å²) in [6.07, 6.45) is 1.73. The van der Waals surface area contributed by atoms with E-state index in [9.17, 15) is 14.7 Å². The van der Waals surface area contributed by atoms with Crippen LogP contribution in [0.3, 0.4) is 0 Å². The van der Waals surface area contributed by atoms with Crippen molar-refractivity contribution in [2.24, 2.45) is 5.92 Å². The number of amides is 1. The fourth-order valence-corrected chi connectivity index (χ4v) is 3.25. The molecule has 1 fully saturated rings. The third kappa shape index (κ3) is 4.45. The first-order valence-electron chi connectivity index (χ1n) is 8.97. The van der Waals surface area contributed by atoms with E-state index < -0.39 is 12.0 Å². The number of carboxylic acids is 1. The number of piperidine rings is 1. The van der Waals surface area contributed by atoms with E-state index in [0.717, 1.165) is 17.7 Å². The Bertz CT molecular complexity index is 802. The van der Waals surface area contributed by atoms with Gasteiger partial charge in [0.05, 0.1) is 7.11 Å². The molecule has 1 aromatic heterocycles. The summed E-state index contributed by atoms with van der Waals surface area (Å²) in [5.41, 5.74) is 0.785. The van der Waals surface area contributed by atoms with E-state index in [4.69, 9.17) is 9.26 Å². The molecule has 27 heavy (non-hydrogen) atoms. The van der Waals surface area contributed by atoms with Gasteiger partial charge in [-0.15, -0.1) is 0 Å². The van der Waals surface area contributed by atoms with Crippen molar-refractivity contribution >= 4 is 11.9 Å². The second kappa shape index (κ2) is 8.20. The molecule has 1 aliphatic heterocycles. The Balaban J connectivity index is 1.60. The molecular weight excluding hydrogens is 350 g/mol. The van der Waals surface area contributed by atoms with Crippen LogP contribution in [0.2, 0.25) is 0 Å². The van der Waals surface area contributed by atoms with E-state index in [-0.39, 0.29) is 18.7 Å². The normalized spacial score (nSPS) is 19.7. The van der Waals surface area contributed by atoms with Crippen LogP contribution in [0.5, 0.6) is 5.75 Å². The van der Waals surface area contributed by atoms with Gasteiger partial charge in [0.1, 0.15) is 11.8 Å². The largest absolute Gasteiger partial charge is 0.497 e. The zero-order valence-corrected chi connectivity index (χ0v) is 15.4. The minimum absolute atomic E-state index is 0.141. The summed E-state index contributed by atoms with van der Waals surface area (Å²) in [5, 5.41) is 13.3. The molecule has 0 saturated carbocycles. The highest BCUT2D eigenvalue weighted by molar-refractivity contribution is 5.84. The summed E-state index contributed by atoms with van der Waals surface area (Å²) in [4.78, 5) is 29.7. The van der Waals surface area contributed by atoms with Crippen LogP contribution in [0.15, 0.2) is 28.8 Å². The van der Waals surface area contributed by atoms with Crippen molar-refractivity contribution in [3.8, 4) is 17.1 Å². The Hall–Kier alpha value is -2.90. The number of benzene rings is 1. The van der Waals surface area contributed by atoms with E-state index in [1.807, 2.05) is 19.1 Å². The second-order valence-electron chi connectivity index (χ2n) is 6.81. The first-order chi connectivity index (χ1) is 13.0. The predicted molar refractivity (Wildman–Crippen MR) is 96.1 cm³/mol. The zero-order valence-electron chi connectivity index (χ0n) is 15.4. The lowest BCUT2D eigenvalue weighted by molar-refractivity contribution is -0.153. The van der Waals surface area contributed by atoms with Gasteiger partial charge in [0.25, 0.3) is 0 Å². The minimum Gasteiger partial charge on any atom is -0.497 e. The summed E-state index contributed by atoms with van der Waals surface area (Å²) in [6.45, 7) is 2.48. The maximum Gasteiger partial charge on any atom is 0.326 e. The van der Waals surface area contributed by atoms with Gasteiger partial charge in [-0.05, 0) is 43.0 Å². The van der Waals surface area contributed by atoms with Gasteiger partial charge >= 0.3 is 5.97 Å². The molecule has 2 atom stereocenters. The molecule has 0 radical (unpaired) electrons. The summed E-state index contributed by atoms with van der Waals surface area (Å²) >= 11 is 0. The number of carbonyl (C=O) groups excluding carboxylic acids is 1. The smallest absolute Gasteiger partial charge is 0.326 e. The van der Waals surface area contributed by atoms with Gasteiger partial charge in [0, 0.05) is 24.9 Å². The Morgan fingerprint density at radius 3 is 2.74 bits per heavy atom. The third-order valence-corrected chi connectivity index (χ3v) is 4.84. The van der Waals surface area contributed by atoms with Crippen LogP contribution >= 0.6 is 0 Å². The van der Waals surface area contributed by atoms with Crippen LogP contribution in [-0.4, -0.2) is 51.7 Å². The van der Waals surface area contributed by atoms with Gasteiger partial charge in [-0.2, -0.15) is 4.98 Å². The second-order valence-corrected chi connectivity index (χ2v) is 6.81. The van der Waals surface area contributed by atoms with Gasteiger partial charge in [-0.1, -0.05) is 12.1 Å². The fourth-order valence-electron chi connectivity index (χ4n) is 3.25. The van der Waals surface area contributed by atoms with E-state index in [1.165, 1.54) is 4.90 Å². The van der Waals surface area contributed by atoms with Crippen molar-refractivity contribution in [2.45, 2.75) is 38.6 Å². The lowest BCUT2D eigenvalue weighted by atomic mass is 9.92. The average Bonchev–Trinajstić information content (AvgIpc) is 3.15. The highest BCUT2D eigenvalue weighted by atomic mass is 16.5. The monoisotopic (exact) mass is 373 g/mol. The number of hydrogen-bond donors (Lipinski definition) is 1. The molecule has 8 nitrogen and oxygen atoms in total. The number of carboxylic acid groups (broad SMARTS) is 1. The molecule has 0 aliphatic carbocycles. The molecule has 2 aromatic rings. The molecule has 1 aromatic carbocycles. The Kier molecular flexibility index (Phi) is 5.73. The number of aryl methyl sites for hydroxylation is 1. The molecule has 1 amide bonds. The molecule has 2 heterocycles. The average molecular weight is 373 g/mol. The van der Waals surface area contributed by atoms with E-state index in [2.05, 4.69) is 10.1 Å². The number of hydrogen-bond acceptors (Lipinski definition) is 6. The number of aliphatic carboxylic acids is 1. The van der Waals surface area contributed by atoms with Crippen molar-refractivity contribution in [2.75, 3.05) is 13.7 Å². The molecule has 0 spiro atoms. The molecule has 3 rings (SSSR count). The predicted octanol–water partition coefficient (Wildman–Crippen LogP) is 2.39. The summed E-state index contributed by atoms with van der Waals surface area (Å²) < 4.78 is 10.3. The van der Waals surface area contributed by atoms with Gasteiger partial charge < -0.3 is 19.3 Å². The summed E-state index contributed by atoms with van der Waals surface area (Å²) in [6, 6.07) is 6.51. The topological polar surface area (TPSA) is 106 Å². The maximum absolute atomic E-state index is 12.5. The first-order valence-corrected chi connectivity index (χ1v) is 8.97. The number of carbonyl (C=O) groups is 2. The minimum atomic E-state index is -0.950. The Morgan fingerprint density at radius 1 is 1.33 bits per heavy atom. The Morgan fingerprint density at radius 2 is 2.07 bits per heavy atom. The molecule has 1 saturated heterocycles. The highest BCUT2D eigenvalue weighted by Gasteiger charge is 2.34. The molecule has 1 aliphatic rings. The quantitative estimate of drug-likeness (QED) is 0.828. The number of ether oxygens (including phenoxy) is 1. The van der Waals surface area contributed by atoms with Crippen LogP contribution in [0.4, 0.5) is 0 Å². The maximum atomic E-state index is 12.5. The van der Waals surface area contributed by atoms with Crippen LogP contribution in [-0.2, 0) is 16.0 Å². The number of methoxy groups -OCH3 is 1. The van der Waals surface area contributed by atoms with Crippen molar-refractivity contribution in [1.82, 2.24) is 15.0 Å². The lowest BCUT2D eigenvalue weighted by Crippen LogP contribution is -2.49. The van der Waals surface area contributed by atoms with Crippen LogP contribution in [0.1, 0.15) is 32.1 Å². The van der Waals surface area contributed by atoms with Crippen molar-refractivity contribution in [3.63, 3.8) is 0 Å². The zero-order chi connectivity index (χ0) is 19.4.